The Morgan fingerprint density at radius 3 is 2.96 bits per heavy atom. The Balaban J connectivity index is 1.32. The highest BCUT2D eigenvalue weighted by atomic mass is 32.1. The zero-order valence-corrected chi connectivity index (χ0v) is 15.8. The molecule has 0 saturated carbocycles. The van der Waals surface area contributed by atoms with E-state index in [1.807, 2.05) is 5.38 Å². The number of amides is 1. The van der Waals surface area contributed by atoms with Gasteiger partial charge < -0.3 is 5.32 Å². The highest BCUT2D eigenvalue weighted by molar-refractivity contribution is 7.14. The summed E-state index contributed by atoms with van der Waals surface area (Å²) in [6.45, 7) is -0.158. The van der Waals surface area contributed by atoms with Gasteiger partial charge in [-0.15, -0.1) is 16.4 Å². The quantitative estimate of drug-likeness (QED) is 0.580. The molecule has 0 saturated heterocycles. The lowest BCUT2D eigenvalue weighted by molar-refractivity contribution is -0.117. The number of nitrogens with one attached hydrogen (secondary N) is 1. The average molecular weight is 391 g/mol. The number of hydrogen-bond donors (Lipinski definition) is 1. The molecule has 0 radical (unpaired) electrons. The molecule has 1 aliphatic rings. The molecule has 7 nitrogen and oxygen atoms in total. The summed E-state index contributed by atoms with van der Waals surface area (Å²) < 4.78 is 2.56. The Morgan fingerprint density at radius 2 is 2.07 bits per heavy atom. The van der Waals surface area contributed by atoms with Crippen molar-refractivity contribution in [1.29, 1.82) is 0 Å². The number of nitrogens with zero attached hydrogens (tertiary/aromatic N) is 4. The number of pyridine rings is 1. The van der Waals surface area contributed by atoms with Crippen molar-refractivity contribution in [2.75, 3.05) is 5.32 Å². The van der Waals surface area contributed by atoms with Crippen molar-refractivity contribution in [2.24, 2.45) is 0 Å². The molecule has 8 heteroatoms. The standard InChI is InChI=1S/C20H17N5O2S/c26-18(11-25-20(27)24-9-2-1-6-17(24)23-25)22-19-21-16(12-28-19)15-8-7-13-4-3-5-14(13)10-15/h1-2,6-10,12H,3-5,11H2,(H,21,22,26). The maximum Gasteiger partial charge on any atom is 0.350 e. The van der Waals surface area contributed by atoms with Crippen LogP contribution in [0.3, 0.4) is 0 Å². The monoisotopic (exact) mass is 391 g/mol. The van der Waals surface area contributed by atoms with Crippen LogP contribution in [0, 0.1) is 0 Å². The summed E-state index contributed by atoms with van der Waals surface area (Å²) in [5, 5.41) is 9.38. The number of anilines is 1. The molecule has 1 aliphatic carbocycles. The van der Waals surface area contributed by atoms with E-state index in [0.717, 1.165) is 28.8 Å². The molecule has 0 aliphatic heterocycles. The fraction of sp³-hybridized carbons (Fsp3) is 0.200. The lowest BCUT2D eigenvalue weighted by Gasteiger charge is -2.02. The van der Waals surface area contributed by atoms with Gasteiger partial charge in [0.2, 0.25) is 5.91 Å². The average Bonchev–Trinajstić information content (AvgIpc) is 3.41. The van der Waals surface area contributed by atoms with E-state index in [-0.39, 0.29) is 18.1 Å². The Morgan fingerprint density at radius 1 is 1.18 bits per heavy atom. The van der Waals surface area contributed by atoms with Gasteiger partial charge in [-0.2, -0.15) is 0 Å². The van der Waals surface area contributed by atoms with Crippen molar-refractivity contribution < 1.29 is 4.79 Å². The van der Waals surface area contributed by atoms with E-state index in [1.165, 1.54) is 33.3 Å². The van der Waals surface area contributed by atoms with Crippen molar-refractivity contribution in [1.82, 2.24) is 19.2 Å². The van der Waals surface area contributed by atoms with Gasteiger partial charge in [0.1, 0.15) is 6.54 Å². The maximum atomic E-state index is 12.4. The maximum absolute atomic E-state index is 12.4. The van der Waals surface area contributed by atoms with Crippen molar-refractivity contribution in [3.05, 3.63) is 69.6 Å². The smallest absolute Gasteiger partial charge is 0.300 e. The van der Waals surface area contributed by atoms with Crippen LogP contribution >= 0.6 is 11.3 Å². The Kier molecular flexibility index (Phi) is 4.05. The first kappa shape index (κ1) is 16.9. The second-order valence-corrected chi connectivity index (χ2v) is 7.65. The molecule has 1 aromatic carbocycles. The largest absolute Gasteiger partial charge is 0.350 e. The molecule has 1 amide bonds. The van der Waals surface area contributed by atoms with Crippen LogP contribution in [0.1, 0.15) is 17.5 Å². The van der Waals surface area contributed by atoms with Crippen LogP contribution in [0.2, 0.25) is 0 Å². The molecule has 3 aromatic heterocycles. The third-order valence-corrected chi connectivity index (χ3v) is 5.68. The zero-order valence-electron chi connectivity index (χ0n) is 15.0. The Hall–Kier alpha value is -3.26. The molecular weight excluding hydrogens is 374 g/mol. The molecule has 0 fully saturated rings. The summed E-state index contributed by atoms with van der Waals surface area (Å²) in [4.78, 5) is 29.2. The molecule has 0 spiro atoms. The van der Waals surface area contributed by atoms with E-state index < -0.39 is 0 Å². The summed E-state index contributed by atoms with van der Waals surface area (Å²) >= 11 is 1.37. The fourth-order valence-corrected chi connectivity index (χ4v) is 4.30. The number of carbonyl (C=O) groups excluding carboxylic acids is 1. The third-order valence-electron chi connectivity index (χ3n) is 4.93. The number of carbonyl (C=O) groups is 1. The number of aryl methyl sites for hydroxylation is 2. The predicted octanol–water partition coefficient (Wildman–Crippen LogP) is 2.75. The van der Waals surface area contributed by atoms with Gasteiger partial charge in [0.25, 0.3) is 0 Å². The van der Waals surface area contributed by atoms with Gasteiger partial charge in [-0.05, 0) is 48.6 Å². The van der Waals surface area contributed by atoms with Crippen molar-refractivity contribution in [3.8, 4) is 11.3 Å². The molecule has 3 heterocycles. The van der Waals surface area contributed by atoms with E-state index in [4.69, 9.17) is 0 Å². The first-order valence-electron chi connectivity index (χ1n) is 9.09. The normalized spacial score (nSPS) is 13.0. The second kappa shape index (κ2) is 6.72. The van der Waals surface area contributed by atoms with Gasteiger partial charge in [-0.25, -0.2) is 14.5 Å². The zero-order chi connectivity index (χ0) is 19.1. The van der Waals surface area contributed by atoms with E-state index in [2.05, 4.69) is 33.6 Å². The van der Waals surface area contributed by atoms with E-state index in [0.29, 0.717) is 10.8 Å². The number of hydrogen-bond acceptors (Lipinski definition) is 5. The van der Waals surface area contributed by atoms with Crippen LogP contribution in [0.25, 0.3) is 16.9 Å². The highest BCUT2D eigenvalue weighted by Crippen LogP contribution is 2.30. The van der Waals surface area contributed by atoms with Gasteiger partial charge in [-0.3, -0.25) is 9.20 Å². The summed E-state index contributed by atoms with van der Waals surface area (Å²) in [6, 6.07) is 11.7. The molecule has 28 heavy (non-hydrogen) atoms. The fourth-order valence-electron chi connectivity index (χ4n) is 3.56. The first-order chi connectivity index (χ1) is 13.7. The van der Waals surface area contributed by atoms with Crippen LogP contribution in [0.5, 0.6) is 0 Å². The summed E-state index contributed by atoms with van der Waals surface area (Å²) in [5.41, 5.74) is 4.89. The van der Waals surface area contributed by atoms with E-state index >= 15 is 0 Å². The van der Waals surface area contributed by atoms with Crippen molar-refractivity contribution >= 4 is 28.0 Å². The number of rotatable bonds is 4. The molecule has 140 valence electrons. The highest BCUT2D eigenvalue weighted by Gasteiger charge is 2.15. The molecule has 5 rings (SSSR count). The van der Waals surface area contributed by atoms with Crippen LogP contribution < -0.4 is 11.0 Å². The number of fused-ring (bicyclic) bond motifs is 2. The summed E-state index contributed by atoms with van der Waals surface area (Å²) in [6.07, 6.45) is 5.10. The van der Waals surface area contributed by atoms with Gasteiger partial charge in [-0.1, -0.05) is 18.2 Å². The van der Waals surface area contributed by atoms with Crippen LogP contribution in [0.15, 0.2) is 52.8 Å². The van der Waals surface area contributed by atoms with Gasteiger partial charge >= 0.3 is 5.69 Å². The Bertz CT molecular complexity index is 1250. The van der Waals surface area contributed by atoms with Crippen molar-refractivity contribution in [2.45, 2.75) is 25.8 Å². The minimum absolute atomic E-state index is 0.158. The Labute approximate surface area is 164 Å². The molecule has 4 aromatic rings. The second-order valence-electron chi connectivity index (χ2n) is 6.79. The molecule has 1 N–H and O–H groups in total. The predicted molar refractivity (Wildman–Crippen MR) is 108 cm³/mol. The molecule has 0 atom stereocenters. The van der Waals surface area contributed by atoms with Crippen molar-refractivity contribution in [3.63, 3.8) is 0 Å². The summed E-state index contributed by atoms with van der Waals surface area (Å²) in [5.74, 6) is -0.333. The van der Waals surface area contributed by atoms with Crippen LogP contribution in [-0.4, -0.2) is 25.1 Å². The first-order valence-corrected chi connectivity index (χ1v) is 9.97. The van der Waals surface area contributed by atoms with Gasteiger partial charge in [0.05, 0.1) is 5.69 Å². The lowest BCUT2D eigenvalue weighted by atomic mass is 10.1. The number of benzene rings is 1. The number of aromatic nitrogens is 4. The SMILES string of the molecule is O=C(Cn1nc2ccccn2c1=O)Nc1nc(-c2ccc3c(c2)CCC3)cs1. The number of thiazole rings is 1. The van der Waals surface area contributed by atoms with E-state index in [1.54, 1.807) is 24.4 Å². The van der Waals surface area contributed by atoms with Gasteiger partial charge in [0, 0.05) is 17.1 Å². The topological polar surface area (TPSA) is 81.3 Å². The van der Waals surface area contributed by atoms with E-state index in [9.17, 15) is 9.59 Å². The minimum Gasteiger partial charge on any atom is -0.300 e. The minimum atomic E-state index is -0.344. The lowest BCUT2D eigenvalue weighted by Crippen LogP contribution is -2.28. The van der Waals surface area contributed by atoms with Crippen LogP contribution in [-0.2, 0) is 24.2 Å². The van der Waals surface area contributed by atoms with Gasteiger partial charge in [0.15, 0.2) is 10.8 Å². The third kappa shape index (κ3) is 3.01. The molecule has 0 bridgehead atoms. The van der Waals surface area contributed by atoms with Crippen LogP contribution in [0.4, 0.5) is 5.13 Å². The molecular formula is C20H17N5O2S. The molecule has 0 unspecified atom stereocenters. The summed E-state index contributed by atoms with van der Waals surface area (Å²) in [7, 11) is 0.